The first-order valence-corrected chi connectivity index (χ1v) is 12.2. The predicted octanol–water partition coefficient (Wildman–Crippen LogP) is 6.69. The zero-order valence-corrected chi connectivity index (χ0v) is 20.8. The van der Waals surface area contributed by atoms with E-state index in [0.29, 0.717) is 13.0 Å². The molecule has 0 spiro atoms. The molecule has 0 aliphatic heterocycles. The number of anilines is 1. The van der Waals surface area contributed by atoms with Crippen LogP contribution in [0, 0.1) is 12.7 Å². The van der Waals surface area contributed by atoms with Crippen molar-refractivity contribution in [3.8, 4) is 0 Å². The van der Waals surface area contributed by atoms with Gasteiger partial charge in [-0.15, -0.1) is 11.3 Å². The molecule has 1 aromatic heterocycles. The largest absolute Gasteiger partial charge is 0.416 e. The lowest BCUT2D eigenvalue weighted by Crippen LogP contribution is -2.44. The standard InChI is InChI=1S/C26H27F4N3O2S/c1-3-13-32(25(35)31-22-10-6-20(7-11-22)26(28,29)30)17-24(34)33(16-23-18(2)12-14-36-23)15-19-4-8-21(27)9-5-19/h4-12,14H,3,13,15-17H2,1-2H3,(H,31,35). The van der Waals surface area contributed by atoms with E-state index in [1.54, 1.807) is 17.0 Å². The number of alkyl halides is 3. The molecule has 10 heteroatoms. The van der Waals surface area contributed by atoms with Crippen molar-refractivity contribution in [2.45, 2.75) is 39.5 Å². The average Bonchev–Trinajstić information content (AvgIpc) is 3.23. The zero-order valence-electron chi connectivity index (χ0n) is 19.9. The molecule has 0 atom stereocenters. The number of hydrogen-bond acceptors (Lipinski definition) is 3. The average molecular weight is 522 g/mol. The summed E-state index contributed by atoms with van der Waals surface area (Å²) in [5.41, 5.74) is 1.16. The number of nitrogens with zero attached hydrogens (tertiary/aromatic N) is 2. The Kier molecular flexibility index (Phi) is 9.08. The van der Waals surface area contributed by atoms with E-state index in [0.717, 1.165) is 28.1 Å². The Labute approximate surface area is 211 Å². The number of halogens is 4. The summed E-state index contributed by atoms with van der Waals surface area (Å²) < 4.78 is 51.8. The van der Waals surface area contributed by atoms with Gasteiger partial charge in [-0.3, -0.25) is 4.79 Å². The summed E-state index contributed by atoms with van der Waals surface area (Å²) in [6, 6.07) is 11.4. The lowest BCUT2D eigenvalue weighted by Gasteiger charge is -2.28. The number of carbonyl (C=O) groups excluding carboxylic acids is 2. The van der Waals surface area contributed by atoms with Crippen molar-refractivity contribution in [3.05, 3.63) is 87.4 Å². The smallest absolute Gasteiger partial charge is 0.332 e. The van der Waals surface area contributed by atoms with Gasteiger partial charge >= 0.3 is 12.2 Å². The molecule has 192 valence electrons. The summed E-state index contributed by atoms with van der Waals surface area (Å²) >= 11 is 1.52. The normalized spacial score (nSPS) is 11.3. The molecule has 0 fully saturated rings. The van der Waals surface area contributed by atoms with Crippen LogP contribution in [0.3, 0.4) is 0 Å². The molecule has 36 heavy (non-hydrogen) atoms. The van der Waals surface area contributed by atoms with Gasteiger partial charge in [0.15, 0.2) is 0 Å². The molecule has 0 radical (unpaired) electrons. The molecule has 0 saturated carbocycles. The second-order valence-corrected chi connectivity index (χ2v) is 9.33. The van der Waals surface area contributed by atoms with Gasteiger partial charge in [-0.05, 0) is 72.3 Å². The molecule has 3 rings (SSSR count). The molecule has 0 aliphatic rings. The molecular weight excluding hydrogens is 494 g/mol. The van der Waals surface area contributed by atoms with E-state index in [4.69, 9.17) is 0 Å². The van der Waals surface area contributed by atoms with Gasteiger partial charge in [-0.1, -0.05) is 19.1 Å². The van der Waals surface area contributed by atoms with Crippen molar-refractivity contribution >= 4 is 29.0 Å². The minimum atomic E-state index is -4.47. The highest BCUT2D eigenvalue weighted by Gasteiger charge is 2.30. The van der Waals surface area contributed by atoms with Crippen LogP contribution < -0.4 is 5.32 Å². The molecule has 0 aliphatic carbocycles. The van der Waals surface area contributed by atoms with E-state index in [1.165, 1.54) is 40.5 Å². The topological polar surface area (TPSA) is 52.7 Å². The molecule has 0 bridgehead atoms. The first-order chi connectivity index (χ1) is 17.1. The van der Waals surface area contributed by atoms with Crippen molar-refractivity contribution in [2.24, 2.45) is 0 Å². The molecule has 2 aromatic carbocycles. The van der Waals surface area contributed by atoms with Gasteiger partial charge in [0.1, 0.15) is 12.4 Å². The molecule has 0 saturated heterocycles. The van der Waals surface area contributed by atoms with Crippen molar-refractivity contribution in [3.63, 3.8) is 0 Å². The summed E-state index contributed by atoms with van der Waals surface area (Å²) in [5.74, 6) is -0.678. The second-order valence-electron chi connectivity index (χ2n) is 8.33. The second kappa shape index (κ2) is 12.0. The number of hydrogen-bond donors (Lipinski definition) is 1. The highest BCUT2D eigenvalue weighted by atomic mass is 32.1. The Morgan fingerprint density at radius 3 is 2.17 bits per heavy atom. The number of aryl methyl sites for hydroxylation is 1. The molecule has 3 aromatic rings. The number of urea groups is 1. The van der Waals surface area contributed by atoms with Gasteiger partial charge in [-0.2, -0.15) is 13.2 Å². The van der Waals surface area contributed by atoms with E-state index in [-0.39, 0.29) is 37.0 Å². The highest BCUT2D eigenvalue weighted by molar-refractivity contribution is 7.10. The quantitative estimate of drug-likeness (QED) is 0.319. The third kappa shape index (κ3) is 7.55. The number of nitrogens with one attached hydrogen (secondary N) is 1. The SMILES string of the molecule is CCCN(CC(=O)N(Cc1ccc(F)cc1)Cc1sccc1C)C(=O)Nc1ccc(C(F)(F)F)cc1. The Bertz CT molecular complexity index is 1160. The van der Waals surface area contributed by atoms with E-state index < -0.39 is 17.8 Å². The van der Waals surface area contributed by atoms with Crippen LogP contribution in [0.1, 0.15) is 34.9 Å². The van der Waals surface area contributed by atoms with Crippen LogP contribution in [0.15, 0.2) is 60.0 Å². The van der Waals surface area contributed by atoms with Crippen LogP contribution in [0.25, 0.3) is 0 Å². The fraction of sp³-hybridized carbons (Fsp3) is 0.308. The van der Waals surface area contributed by atoms with E-state index >= 15 is 0 Å². The summed E-state index contributed by atoms with van der Waals surface area (Å²) in [6.45, 7) is 4.44. The van der Waals surface area contributed by atoms with Gasteiger partial charge < -0.3 is 15.1 Å². The van der Waals surface area contributed by atoms with E-state index in [9.17, 15) is 27.2 Å². The third-order valence-corrected chi connectivity index (χ3v) is 6.52. The molecule has 1 heterocycles. The van der Waals surface area contributed by atoms with Crippen molar-refractivity contribution in [2.75, 3.05) is 18.4 Å². The van der Waals surface area contributed by atoms with Gasteiger partial charge in [0, 0.05) is 23.7 Å². The summed E-state index contributed by atoms with van der Waals surface area (Å²) in [6.07, 6.45) is -3.90. The van der Waals surface area contributed by atoms with Crippen molar-refractivity contribution in [1.29, 1.82) is 0 Å². The van der Waals surface area contributed by atoms with Gasteiger partial charge in [0.05, 0.1) is 12.1 Å². The number of benzene rings is 2. The van der Waals surface area contributed by atoms with Crippen LogP contribution in [-0.4, -0.2) is 34.8 Å². The lowest BCUT2D eigenvalue weighted by atomic mass is 10.2. The number of thiophene rings is 1. The molecular formula is C26H27F4N3O2S. The summed E-state index contributed by atoms with van der Waals surface area (Å²) in [7, 11) is 0. The van der Waals surface area contributed by atoms with Crippen LogP contribution in [-0.2, 0) is 24.1 Å². The maximum Gasteiger partial charge on any atom is 0.416 e. The fourth-order valence-electron chi connectivity index (χ4n) is 3.51. The van der Waals surface area contributed by atoms with Crippen molar-refractivity contribution in [1.82, 2.24) is 9.80 Å². The first kappa shape index (κ1) is 27.2. The fourth-order valence-corrected chi connectivity index (χ4v) is 4.43. The summed E-state index contributed by atoms with van der Waals surface area (Å²) in [5, 5.41) is 4.51. The third-order valence-electron chi connectivity index (χ3n) is 5.51. The number of amides is 3. The highest BCUT2D eigenvalue weighted by Crippen LogP contribution is 2.30. The van der Waals surface area contributed by atoms with E-state index in [2.05, 4.69) is 5.32 Å². The van der Waals surface area contributed by atoms with Crippen LogP contribution in [0.2, 0.25) is 0 Å². The molecule has 3 amide bonds. The van der Waals surface area contributed by atoms with Crippen LogP contribution in [0.4, 0.5) is 28.0 Å². The van der Waals surface area contributed by atoms with Crippen LogP contribution in [0.5, 0.6) is 0 Å². The Hall–Kier alpha value is -3.40. The predicted molar refractivity (Wildman–Crippen MR) is 132 cm³/mol. The minimum absolute atomic E-state index is 0.193. The Morgan fingerprint density at radius 1 is 0.944 bits per heavy atom. The lowest BCUT2D eigenvalue weighted by molar-refractivity contribution is -0.137. The number of carbonyl (C=O) groups is 2. The first-order valence-electron chi connectivity index (χ1n) is 11.3. The van der Waals surface area contributed by atoms with Crippen molar-refractivity contribution < 1.29 is 27.2 Å². The van der Waals surface area contributed by atoms with Gasteiger partial charge in [0.2, 0.25) is 5.91 Å². The summed E-state index contributed by atoms with van der Waals surface area (Å²) in [4.78, 5) is 30.2. The van der Waals surface area contributed by atoms with Gasteiger partial charge in [0.25, 0.3) is 0 Å². The molecule has 1 N–H and O–H groups in total. The Balaban J connectivity index is 1.74. The van der Waals surface area contributed by atoms with Crippen LogP contribution >= 0.6 is 11.3 Å². The minimum Gasteiger partial charge on any atom is -0.332 e. The Morgan fingerprint density at radius 2 is 1.61 bits per heavy atom. The monoisotopic (exact) mass is 521 g/mol. The maximum atomic E-state index is 13.4. The van der Waals surface area contributed by atoms with Gasteiger partial charge in [-0.25, -0.2) is 9.18 Å². The zero-order chi connectivity index (χ0) is 26.3. The maximum absolute atomic E-state index is 13.4. The molecule has 0 unspecified atom stereocenters. The number of rotatable bonds is 9. The molecule has 5 nitrogen and oxygen atoms in total. The van der Waals surface area contributed by atoms with E-state index in [1.807, 2.05) is 25.3 Å².